The fraction of sp³-hybridized carbons (Fsp3) is 0.241. The van der Waals surface area contributed by atoms with Gasteiger partial charge in [0.25, 0.3) is 5.91 Å². The van der Waals surface area contributed by atoms with Crippen molar-refractivity contribution in [1.82, 2.24) is 14.8 Å². The Hall–Kier alpha value is -3.72. The van der Waals surface area contributed by atoms with Crippen molar-refractivity contribution in [1.29, 1.82) is 0 Å². The highest BCUT2D eigenvalue weighted by atomic mass is 32.1. The molecular formula is C29H29N5O2S. The summed E-state index contributed by atoms with van der Waals surface area (Å²) in [7, 11) is 1.88. The van der Waals surface area contributed by atoms with Gasteiger partial charge in [-0.15, -0.1) is 11.3 Å². The van der Waals surface area contributed by atoms with Crippen LogP contribution in [-0.2, 0) is 19.9 Å². The van der Waals surface area contributed by atoms with E-state index in [-0.39, 0.29) is 5.91 Å². The maximum atomic E-state index is 13.2. The minimum atomic E-state index is -1.11. The number of H-pyrrole nitrogens is 1. The van der Waals surface area contributed by atoms with Gasteiger partial charge in [0.1, 0.15) is 6.23 Å². The molecule has 1 aliphatic rings. The molecule has 8 heteroatoms. The number of thiophene rings is 1. The summed E-state index contributed by atoms with van der Waals surface area (Å²) < 4.78 is 1.75. The van der Waals surface area contributed by atoms with Gasteiger partial charge in [-0.25, -0.2) is 0 Å². The van der Waals surface area contributed by atoms with Crippen LogP contribution >= 0.6 is 11.3 Å². The topological polar surface area (TPSA) is 109 Å². The molecule has 3 aromatic heterocycles. The van der Waals surface area contributed by atoms with E-state index in [0.717, 1.165) is 62.3 Å². The maximum Gasteiger partial charge on any atom is 0.265 e. The molecule has 3 heterocycles. The van der Waals surface area contributed by atoms with Gasteiger partial charge in [0.05, 0.1) is 16.6 Å². The van der Waals surface area contributed by atoms with E-state index in [2.05, 4.69) is 33.6 Å². The molecule has 1 aliphatic carbocycles. The molecule has 0 spiro atoms. The minimum Gasteiger partial charge on any atom is -0.374 e. The Kier molecular flexibility index (Phi) is 5.95. The summed E-state index contributed by atoms with van der Waals surface area (Å²) in [5.41, 5.74) is 14.2. The van der Waals surface area contributed by atoms with E-state index in [1.807, 2.05) is 44.4 Å². The largest absolute Gasteiger partial charge is 0.374 e. The lowest BCUT2D eigenvalue weighted by Gasteiger charge is -2.15. The average Bonchev–Trinajstić information content (AvgIpc) is 3.62. The van der Waals surface area contributed by atoms with Gasteiger partial charge < -0.3 is 21.1 Å². The predicted octanol–water partition coefficient (Wildman–Crippen LogP) is 5.69. The number of aryl methyl sites for hydroxylation is 3. The second kappa shape index (κ2) is 9.30. The highest BCUT2D eigenvalue weighted by Crippen LogP contribution is 2.38. The smallest absolute Gasteiger partial charge is 0.265 e. The van der Waals surface area contributed by atoms with Crippen LogP contribution in [0, 0.1) is 6.92 Å². The Bertz CT molecular complexity index is 1620. The molecule has 188 valence electrons. The molecule has 1 amide bonds. The molecule has 5 N–H and O–H groups in total. The number of nitrogens with two attached hydrogens (primary N) is 1. The van der Waals surface area contributed by atoms with E-state index in [4.69, 9.17) is 5.73 Å². The number of carbonyl (C=O) groups is 1. The lowest BCUT2D eigenvalue weighted by atomic mass is 9.94. The maximum absolute atomic E-state index is 13.2. The second-order valence-corrected chi connectivity index (χ2v) is 10.9. The van der Waals surface area contributed by atoms with Crippen LogP contribution in [0.25, 0.3) is 33.3 Å². The van der Waals surface area contributed by atoms with Crippen molar-refractivity contribution in [3.05, 3.63) is 81.3 Å². The number of aromatic nitrogens is 3. The number of rotatable bonds is 5. The summed E-state index contributed by atoms with van der Waals surface area (Å²) in [6.07, 6.45) is 7.16. The van der Waals surface area contributed by atoms with E-state index >= 15 is 0 Å². The first-order valence-electron chi connectivity index (χ1n) is 12.5. The number of amides is 1. The van der Waals surface area contributed by atoms with Gasteiger partial charge in [0.2, 0.25) is 0 Å². The first-order valence-corrected chi connectivity index (χ1v) is 13.3. The number of nitrogens with one attached hydrogen (secondary N) is 2. The molecule has 0 saturated heterocycles. The quantitative estimate of drug-likeness (QED) is 0.227. The van der Waals surface area contributed by atoms with Crippen LogP contribution in [0.3, 0.4) is 0 Å². The molecule has 1 unspecified atom stereocenters. The first-order chi connectivity index (χ1) is 17.9. The van der Waals surface area contributed by atoms with Gasteiger partial charge in [-0.3, -0.25) is 9.48 Å². The Morgan fingerprint density at radius 2 is 2.03 bits per heavy atom. The second-order valence-electron chi connectivity index (χ2n) is 9.72. The van der Waals surface area contributed by atoms with Crippen LogP contribution in [0.5, 0.6) is 0 Å². The molecule has 0 fully saturated rings. The Balaban J connectivity index is 1.40. The van der Waals surface area contributed by atoms with Crippen LogP contribution < -0.4 is 11.1 Å². The summed E-state index contributed by atoms with van der Waals surface area (Å²) in [6, 6.07) is 13.9. The normalized spacial score (nSPS) is 14.1. The van der Waals surface area contributed by atoms with E-state index in [1.165, 1.54) is 23.3 Å². The Morgan fingerprint density at radius 1 is 1.19 bits per heavy atom. The molecule has 5 aromatic rings. The number of benzene rings is 2. The predicted molar refractivity (Wildman–Crippen MR) is 149 cm³/mol. The highest BCUT2D eigenvalue weighted by Gasteiger charge is 2.20. The summed E-state index contributed by atoms with van der Waals surface area (Å²) in [6.45, 7) is 2.02. The van der Waals surface area contributed by atoms with Crippen molar-refractivity contribution in [3.63, 3.8) is 0 Å². The van der Waals surface area contributed by atoms with Crippen LogP contribution in [0.2, 0.25) is 0 Å². The van der Waals surface area contributed by atoms with Gasteiger partial charge in [-0.05, 0) is 73.1 Å². The highest BCUT2D eigenvalue weighted by molar-refractivity contribution is 7.14. The molecular weight excluding hydrogens is 482 g/mol. The lowest BCUT2D eigenvalue weighted by Crippen LogP contribution is -2.11. The third-order valence-electron chi connectivity index (χ3n) is 7.25. The number of aliphatic hydroxyl groups is 1. The van der Waals surface area contributed by atoms with Crippen LogP contribution in [-0.4, -0.2) is 25.8 Å². The summed E-state index contributed by atoms with van der Waals surface area (Å²) >= 11 is 1.62. The zero-order chi connectivity index (χ0) is 25.7. The van der Waals surface area contributed by atoms with Gasteiger partial charge in [0, 0.05) is 46.0 Å². The van der Waals surface area contributed by atoms with E-state index in [9.17, 15) is 9.90 Å². The van der Waals surface area contributed by atoms with E-state index < -0.39 is 6.23 Å². The van der Waals surface area contributed by atoms with Crippen molar-refractivity contribution in [2.45, 2.75) is 38.8 Å². The molecule has 0 bridgehead atoms. The molecule has 2 aromatic carbocycles. The van der Waals surface area contributed by atoms with Gasteiger partial charge in [-0.1, -0.05) is 24.3 Å². The number of fused-ring (bicyclic) bond motifs is 2. The lowest BCUT2D eigenvalue weighted by molar-refractivity contribution is 0.103. The molecule has 37 heavy (non-hydrogen) atoms. The minimum absolute atomic E-state index is 0.0630. The summed E-state index contributed by atoms with van der Waals surface area (Å²) in [4.78, 5) is 18.7. The van der Waals surface area contributed by atoms with Gasteiger partial charge in [0.15, 0.2) is 0 Å². The van der Waals surface area contributed by atoms with E-state index in [0.29, 0.717) is 5.56 Å². The number of aromatic amines is 1. The fourth-order valence-electron chi connectivity index (χ4n) is 5.29. The van der Waals surface area contributed by atoms with Crippen molar-refractivity contribution in [2.24, 2.45) is 12.8 Å². The SMILES string of the molecule is Cc1c(NC(=O)c2cc3c(s2)CCCC3)cccc1-c1ccc(C(N)O)c2[nH]c(-c3cnn(C)c3)cc12. The van der Waals surface area contributed by atoms with Crippen LogP contribution in [0.4, 0.5) is 5.69 Å². The number of nitrogens with zero attached hydrogens (tertiary/aromatic N) is 2. The zero-order valence-electron chi connectivity index (χ0n) is 20.8. The molecule has 1 atom stereocenters. The van der Waals surface area contributed by atoms with Crippen LogP contribution in [0.1, 0.15) is 50.3 Å². The molecule has 7 nitrogen and oxygen atoms in total. The van der Waals surface area contributed by atoms with Crippen molar-refractivity contribution >= 4 is 33.8 Å². The Labute approximate surface area is 219 Å². The zero-order valence-corrected chi connectivity index (χ0v) is 21.7. The third kappa shape index (κ3) is 4.27. The van der Waals surface area contributed by atoms with Crippen molar-refractivity contribution in [2.75, 3.05) is 5.32 Å². The standard InChI is InChI=1S/C29H29N5O2S/c1-16-19(7-5-8-23(16)33-29(36)26-12-17-6-3-4-9-25(17)37-26)20-10-11-21(28(30)35)27-22(20)13-24(32-27)18-14-31-34(2)15-18/h5,7-8,10-15,28,32,35H,3-4,6,9,30H2,1-2H3,(H,33,36). The summed E-state index contributed by atoms with van der Waals surface area (Å²) in [5, 5.41) is 18.6. The average molecular weight is 512 g/mol. The van der Waals surface area contributed by atoms with Gasteiger partial charge in [-0.2, -0.15) is 5.10 Å². The number of carbonyl (C=O) groups excluding carboxylic acids is 1. The molecule has 0 saturated carbocycles. The number of aliphatic hydroxyl groups excluding tert-OH is 1. The fourth-order valence-corrected chi connectivity index (χ4v) is 6.44. The molecule has 6 rings (SSSR count). The van der Waals surface area contributed by atoms with Crippen molar-refractivity contribution in [3.8, 4) is 22.4 Å². The summed E-state index contributed by atoms with van der Waals surface area (Å²) in [5.74, 6) is -0.0630. The molecule has 0 aliphatic heterocycles. The Morgan fingerprint density at radius 3 is 2.78 bits per heavy atom. The number of hydrogen-bond donors (Lipinski definition) is 4. The van der Waals surface area contributed by atoms with Crippen molar-refractivity contribution < 1.29 is 9.90 Å². The first kappa shape index (κ1) is 23.7. The monoisotopic (exact) mass is 511 g/mol. The third-order valence-corrected chi connectivity index (χ3v) is 8.49. The van der Waals surface area contributed by atoms with Gasteiger partial charge >= 0.3 is 0 Å². The van der Waals surface area contributed by atoms with E-state index in [1.54, 1.807) is 22.2 Å². The number of hydrogen-bond acceptors (Lipinski definition) is 5. The molecule has 0 radical (unpaired) electrons. The number of anilines is 1. The van der Waals surface area contributed by atoms with Crippen LogP contribution in [0.15, 0.2) is 54.9 Å².